The van der Waals surface area contributed by atoms with E-state index >= 15 is 0 Å². The van der Waals surface area contributed by atoms with Gasteiger partial charge in [0, 0.05) is 28.2 Å². The maximum atomic E-state index is 4.64. The fourth-order valence-electron chi connectivity index (χ4n) is 1.90. The average Bonchev–Trinajstić information content (AvgIpc) is 2.30. The fraction of sp³-hybridized carbons (Fsp3) is 0.385. The van der Waals surface area contributed by atoms with Crippen molar-refractivity contribution in [3.8, 4) is 0 Å². The van der Waals surface area contributed by atoms with Gasteiger partial charge in [-0.05, 0) is 25.5 Å². The molecule has 0 aromatic carbocycles. The molecular formula is C13H15BrN2. The lowest BCUT2D eigenvalue weighted by molar-refractivity contribution is 0.902. The second-order valence-electron chi connectivity index (χ2n) is 3.96. The first-order valence-electron chi connectivity index (χ1n) is 5.56. The Labute approximate surface area is 104 Å². The van der Waals surface area contributed by atoms with Crippen molar-refractivity contribution in [2.45, 2.75) is 32.0 Å². The molecule has 0 amide bonds. The summed E-state index contributed by atoms with van der Waals surface area (Å²) in [6, 6.07) is 4.13. The van der Waals surface area contributed by atoms with Gasteiger partial charge < -0.3 is 0 Å². The molecule has 0 saturated heterocycles. The number of aromatic nitrogens is 2. The minimum absolute atomic E-state index is 0.799. The zero-order chi connectivity index (χ0) is 11.5. The van der Waals surface area contributed by atoms with Crippen LogP contribution in [0.4, 0.5) is 0 Å². The predicted molar refractivity (Wildman–Crippen MR) is 70.9 cm³/mol. The Hall–Kier alpha value is -0.960. The van der Waals surface area contributed by atoms with E-state index in [0.29, 0.717) is 0 Å². The van der Waals surface area contributed by atoms with Gasteiger partial charge in [0.2, 0.25) is 0 Å². The molecule has 0 spiro atoms. The normalized spacial score (nSPS) is 10.9. The molecule has 0 atom stereocenters. The Bertz CT molecular complexity index is 509. The number of halogens is 1. The summed E-state index contributed by atoms with van der Waals surface area (Å²) in [6.07, 6.45) is 4.08. The van der Waals surface area contributed by atoms with Crippen LogP contribution in [0.15, 0.2) is 18.3 Å². The van der Waals surface area contributed by atoms with E-state index in [4.69, 9.17) is 0 Å². The Morgan fingerprint density at radius 3 is 2.81 bits per heavy atom. The van der Waals surface area contributed by atoms with E-state index in [1.54, 1.807) is 0 Å². The third-order valence-electron chi connectivity index (χ3n) is 2.69. The van der Waals surface area contributed by atoms with Gasteiger partial charge in [0.25, 0.3) is 0 Å². The zero-order valence-electron chi connectivity index (χ0n) is 9.63. The van der Waals surface area contributed by atoms with Crippen LogP contribution in [0.25, 0.3) is 10.9 Å². The van der Waals surface area contributed by atoms with Crippen LogP contribution < -0.4 is 0 Å². The van der Waals surface area contributed by atoms with Gasteiger partial charge in [0.1, 0.15) is 0 Å². The molecule has 2 rings (SSSR count). The van der Waals surface area contributed by atoms with E-state index in [2.05, 4.69) is 38.9 Å². The Morgan fingerprint density at radius 1 is 1.31 bits per heavy atom. The van der Waals surface area contributed by atoms with Gasteiger partial charge in [-0.3, -0.25) is 9.97 Å². The van der Waals surface area contributed by atoms with Crippen molar-refractivity contribution in [1.82, 2.24) is 9.97 Å². The number of nitrogens with zero attached hydrogens (tertiary/aromatic N) is 2. The molecule has 2 nitrogen and oxygen atoms in total. The van der Waals surface area contributed by atoms with Gasteiger partial charge in [-0.25, -0.2) is 0 Å². The number of fused-ring (bicyclic) bond motifs is 1. The summed E-state index contributed by atoms with van der Waals surface area (Å²) in [4.78, 5) is 9.13. The van der Waals surface area contributed by atoms with E-state index in [0.717, 1.165) is 40.5 Å². The largest absolute Gasteiger partial charge is 0.259 e. The number of aryl methyl sites for hydroxylation is 2. The topological polar surface area (TPSA) is 25.8 Å². The number of hydrogen-bond acceptors (Lipinski definition) is 2. The number of hydrogen-bond donors (Lipinski definition) is 0. The Balaban J connectivity index is 2.71. The standard InChI is InChI=1S/C13H15BrN2/c1-3-4-11-12(7-14)15-8-10-6-5-9(2)16-13(10)11/h5-6,8H,3-4,7H2,1-2H3. The molecule has 0 saturated carbocycles. The highest BCUT2D eigenvalue weighted by molar-refractivity contribution is 9.08. The molecule has 0 aliphatic carbocycles. The third-order valence-corrected chi connectivity index (χ3v) is 3.22. The first-order chi connectivity index (χ1) is 7.76. The van der Waals surface area contributed by atoms with Crippen LogP contribution in [0.3, 0.4) is 0 Å². The van der Waals surface area contributed by atoms with Crippen molar-refractivity contribution in [2.24, 2.45) is 0 Å². The van der Waals surface area contributed by atoms with Crippen LogP contribution in [0.5, 0.6) is 0 Å². The van der Waals surface area contributed by atoms with Crippen molar-refractivity contribution in [2.75, 3.05) is 0 Å². The minimum atomic E-state index is 0.799. The van der Waals surface area contributed by atoms with E-state index in [1.807, 2.05) is 19.2 Å². The highest BCUT2D eigenvalue weighted by atomic mass is 79.9. The molecule has 0 fully saturated rings. The number of pyridine rings is 2. The van der Waals surface area contributed by atoms with Gasteiger partial charge in [-0.15, -0.1) is 0 Å². The SMILES string of the molecule is CCCc1c(CBr)ncc2ccc(C)nc12. The number of rotatable bonds is 3. The van der Waals surface area contributed by atoms with Gasteiger partial charge in [-0.2, -0.15) is 0 Å². The third kappa shape index (κ3) is 2.09. The van der Waals surface area contributed by atoms with Gasteiger partial charge in [-0.1, -0.05) is 29.3 Å². The molecule has 0 bridgehead atoms. The van der Waals surface area contributed by atoms with Crippen LogP contribution >= 0.6 is 15.9 Å². The average molecular weight is 279 g/mol. The zero-order valence-corrected chi connectivity index (χ0v) is 11.2. The van der Waals surface area contributed by atoms with Gasteiger partial charge >= 0.3 is 0 Å². The summed E-state index contributed by atoms with van der Waals surface area (Å²) in [5.41, 5.74) is 4.59. The smallest absolute Gasteiger partial charge is 0.0771 e. The van der Waals surface area contributed by atoms with Crippen molar-refractivity contribution in [3.63, 3.8) is 0 Å². The molecule has 3 heteroatoms. The second-order valence-corrected chi connectivity index (χ2v) is 4.52. The molecule has 0 radical (unpaired) electrons. The molecule has 16 heavy (non-hydrogen) atoms. The van der Waals surface area contributed by atoms with E-state index in [1.165, 1.54) is 5.56 Å². The van der Waals surface area contributed by atoms with Crippen molar-refractivity contribution >= 4 is 26.8 Å². The summed E-state index contributed by atoms with van der Waals surface area (Å²) >= 11 is 3.49. The number of alkyl halides is 1. The molecule has 0 unspecified atom stereocenters. The Morgan fingerprint density at radius 2 is 2.12 bits per heavy atom. The molecule has 0 aliphatic rings. The summed E-state index contributed by atoms with van der Waals surface area (Å²) in [5.74, 6) is 0. The lowest BCUT2D eigenvalue weighted by Crippen LogP contribution is -1.99. The van der Waals surface area contributed by atoms with Gasteiger partial charge in [0.05, 0.1) is 11.2 Å². The van der Waals surface area contributed by atoms with Crippen LogP contribution in [-0.2, 0) is 11.8 Å². The van der Waals surface area contributed by atoms with Crippen molar-refractivity contribution in [1.29, 1.82) is 0 Å². The van der Waals surface area contributed by atoms with Crippen LogP contribution in [0.1, 0.15) is 30.3 Å². The highest BCUT2D eigenvalue weighted by Crippen LogP contribution is 2.22. The van der Waals surface area contributed by atoms with Crippen LogP contribution in [0.2, 0.25) is 0 Å². The predicted octanol–water partition coefficient (Wildman–Crippen LogP) is 3.79. The van der Waals surface area contributed by atoms with E-state index < -0.39 is 0 Å². The summed E-state index contributed by atoms with van der Waals surface area (Å²) in [6.45, 7) is 4.22. The fourth-order valence-corrected chi connectivity index (χ4v) is 2.39. The minimum Gasteiger partial charge on any atom is -0.259 e. The quantitative estimate of drug-likeness (QED) is 0.799. The molecule has 2 aromatic heterocycles. The van der Waals surface area contributed by atoms with Gasteiger partial charge in [0.15, 0.2) is 0 Å². The first-order valence-corrected chi connectivity index (χ1v) is 6.68. The van der Waals surface area contributed by atoms with Crippen molar-refractivity contribution < 1.29 is 0 Å². The highest BCUT2D eigenvalue weighted by Gasteiger charge is 2.08. The monoisotopic (exact) mass is 278 g/mol. The molecule has 84 valence electrons. The Kier molecular flexibility index (Phi) is 3.54. The molecule has 2 heterocycles. The molecule has 0 aliphatic heterocycles. The maximum Gasteiger partial charge on any atom is 0.0771 e. The van der Waals surface area contributed by atoms with Crippen LogP contribution in [0, 0.1) is 6.92 Å². The lowest BCUT2D eigenvalue weighted by atomic mass is 10.1. The van der Waals surface area contributed by atoms with E-state index in [-0.39, 0.29) is 0 Å². The lowest BCUT2D eigenvalue weighted by Gasteiger charge is -2.09. The second kappa shape index (κ2) is 4.91. The maximum absolute atomic E-state index is 4.64. The molecule has 0 N–H and O–H groups in total. The summed E-state index contributed by atoms with van der Waals surface area (Å²) in [5, 5.41) is 1.94. The van der Waals surface area contributed by atoms with Crippen molar-refractivity contribution in [3.05, 3.63) is 35.3 Å². The summed E-state index contributed by atoms with van der Waals surface area (Å²) < 4.78 is 0. The first kappa shape index (κ1) is 11.5. The molecular weight excluding hydrogens is 264 g/mol. The summed E-state index contributed by atoms with van der Waals surface area (Å²) in [7, 11) is 0. The van der Waals surface area contributed by atoms with E-state index in [9.17, 15) is 0 Å². The van der Waals surface area contributed by atoms with Crippen LogP contribution in [-0.4, -0.2) is 9.97 Å². The molecule has 2 aromatic rings.